The SMILES string of the molecule is O=C1CN(c2cccc(OC(F)(F)F)c2)C(=O)N1C12CCC(Oc3ncnc4[nH]ccc34)(CC1)C2. The van der Waals surface area contributed by atoms with Crippen LogP contribution in [0.2, 0.25) is 0 Å². The Morgan fingerprint density at radius 2 is 1.86 bits per heavy atom. The number of carbonyl (C=O) groups excluding carboxylic acids is 2. The molecular formula is C23H20F3N5O4. The minimum atomic E-state index is -4.86. The van der Waals surface area contributed by atoms with Crippen LogP contribution in [0.5, 0.6) is 11.6 Å². The van der Waals surface area contributed by atoms with E-state index in [4.69, 9.17) is 4.74 Å². The number of fused-ring (bicyclic) bond motifs is 3. The van der Waals surface area contributed by atoms with Gasteiger partial charge in [-0.2, -0.15) is 0 Å². The number of nitrogens with one attached hydrogen (secondary N) is 1. The lowest BCUT2D eigenvalue weighted by atomic mass is 9.91. The highest BCUT2D eigenvalue weighted by molar-refractivity contribution is 6.13. The average molecular weight is 487 g/mol. The first-order valence-corrected chi connectivity index (χ1v) is 11.1. The van der Waals surface area contributed by atoms with Crippen LogP contribution in [0.15, 0.2) is 42.9 Å². The maximum Gasteiger partial charge on any atom is 0.573 e. The van der Waals surface area contributed by atoms with Crippen molar-refractivity contribution in [1.82, 2.24) is 19.9 Å². The molecule has 2 saturated carbocycles. The van der Waals surface area contributed by atoms with Gasteiger partial charge in [0.1, 0.15) is 29.9 Å². The van der Waals surface area contributed by atoms with Gasteiger partial charge >= 0.3 is 12.4 Å². The second-order valence-corrected chi connectivity index (χ2v) is 9.25. The van der Waals surface area contributed by atoms with Crippen molar-refractivity contribution < 1.29 is 32.2 Å². The number of aromatic nitrogens is 3. The molecule has 1 N–H and O–H groups in total. The Balaban J connectivity index is 1.24. The Labute approximate surface area is 196 Å². The van der Waals surface area contributed by atoms with Crippen LogP contribution in [0.1, 0.15) is 32.1 Å². The number of H-pyrrole nitrogens is 1. The molecule has 1 saturated heterocycles. The molecule has 0 unspecified atom stereocenters. The summed E-state index contributed by atoms with van der Waals surface area (Å²) in [6.45, 7) is -0.250. The molecule has 1 aliphatic heterocycles. The highest BCUT2D eigenvalue weighted by Gasteiger charge is 2.63. The molecule has 9 nitrogen and oxygen atoms in total. The molecule has 3 fully saturated rings. The molecule has 3 heterocycles. The fraction of sp³-hybridized carbons (Fsp3) is 0.391. The Hall–Kier alpha value is -3.83. The molecule has 2 bridgehead atoms. The molecule has 182 valence electrons. The summed E-state index contributed by atoms with van der Waals surface area (Å²) in [6, 6.07) is 6.36. The van der Waals surface area contributed by atoms with Crippen molar-refractivity contribution in [2.24, 2.45) is 0 Å². The summed E-state index contributed by atoms with van der Waals surface area (Å²) in [6.07, 6.45) is 1.24. The lowest BCUT2D eigenvalue weighted by Gasteiger charge is -2.34. The van der Waals surface area contributed by atoms with E-state index in [0.717, 1.165) is 17.5 Å². The zero-order valence-electron chi connectivity index (χ0n) is 18.3. The van der Waals surface area contributed by atoms with Gasteiger partial charge in [-0.25, -0.2) is 14.8 Å². The van der Waals surface area contributed by atoms with Gasteiger partial charge in [0.15, 0.2) is 0 Å². The van der Waals surface area contributed by atoms with Crippen LogP contribution < -0.4 is 14.4 Å². The molecule has 3 aliphatic rings. The van der Waals surface area contributed by atoms with E-state index in [1.54, 1.807) is 6.20 Å². The van der Waals surface area contributed by atoms with E-state index in [0.29, 0.717) is 43.6 Å². The monoisotopic (exact) mass is 487 g/mol. The summed E-state index contributed by atoms with van der Waals surface area (Å²) >= 11 is 0. The second kappa shape index (κ2) is 7.33. The maximum absolute atomic E-state index is 13.4. The minimum Gasteiger partial charge on any atom is -0.470 e. The number of amides is 3. The highest BCUT2D eigenvalue weighted by Crippen LogP contribution is 2.56. The van der Waals surface area contributed by atoms with Crippen molar-refractivity contribution in [3.05, 3.63) is 42.9 Å². The van der Waals surface area contributed by atoms with Crippen molar-refractivity contribution >= 4 is 28.7 Å². The van der Waals surface area contributed by atoms with Crippen LogP contribution in [0.3, 0.4) is 0 Å². The van der Waals surface area contributed by atoms with Crippen molar-refractivity contribution in [1.29, 1.82) is 0 Å². The molecule has 35 heavy (non-hydrogen) atoms. The van der Waals surface area contributed by atoms with Crippen molar-refractivity contribution in [2.75, 3.05) is 11.4 Å². The van der Waals surface area contributed by atoms with Crippen LogP contribution >= 0.6 is 0 Å². The number of carbonyl (C=O) groups is 2. The van der Waals surface area contributed by atoms with Gasteiger partial charge in [0.05, 0.1) is 10.9 Å². The molecule has 2 aromatic heterocycles. The van der Waals surface area contributed by atoms with Gasteiger partial charge in [-0.15, -0.1) is 13.2 Å². The summed E-state index contributed by atoms with van der Waals surface area (Å²) < 4.78 is 48.3. The first-order chi connectivity index (χ1) is 16.7. The standard InChI is InChI=1S/C23H20F3N5O4/c24-23(25,26)34-15-3-1-2-14(10-15)30-11-17(32)31(20(30)33)21-5-7-22(12-21,8-6-21)35-19-16-4-9-27-18(16)28-13-29-19/h1-4,9-10,13H,5-8,11-12H2,(H,27,28,29). The van der Waals surface area contributed by atoms with E-state index in [1.165, 1.54) is 28.3 Å². The zero-order chi connectivity index (χ0) is 24.4. The number of nitrogens with zero attached hydrogens (tertiary/aromatic N) is 4. The van der Waals surface area contributed by atoms with E-state index >= 15 is 0 Å². The van der Waals surface area contributed by atoms with Gasteiger partial charge in [-0.3, -0.25) is 14.6 Å². The third-order valence-electron chi connectivity index (χ3n) is 7.18. The van der Waals surface area contributed by atoms with E-state index < -0.39 is 29.3 Å². The number of rotatable bonds is 5. The largest absolute Gasteiger partial charge is 0.573 e. The Kier molecular flexibility index (Phi) is 4.54. The minimum absolute atomic E-state index is 0.165. The van der Waals surface area contributed by atoms with Crippen LogP contribution in [-0.2, 0) is 4.79 Å². The second-order valence-electron chi connectivity index (χ2n) is 9.25. The lowest BCUT2D eigenvalue weighted by molar-refractivity contribution is -0.274. The van der Waals surface area contributed by atoms with Crippen LogP contribution in [-0.4, -0.2) is 55.8 Å². The van der Waals surface area contributed by atoms with Gasteiger partial charge in [-0.1, -0.05) is 6.07 Å². The summed E-state index contributed by atoms with van der Waals surface area (Å²) in [7, 11) is 0. The van der Waals surface area contributed by atoms with E-state index in [9.17, 15) is 22.8 Å². The number of hydrogen-bond acceptors (Lipinski definition) is 6. The molecule has 2 aliphatic carbocycles. The number of hydrogen-bond donors (Lipinski definition) is 1. The van der Waals surface area contributed by atoms with Gasteiger partial charge < -0.3 is 14.5 Å². The van der Waals surface area contributed by atoms with Gasteiger partial charge in [0.25, 0.3) is 5.91 Å². The summed E-state index contributed by atoms with van der Waals surface area (Å²) in [4.78, 5) is 40.4. The molecule has 3 aromatic rings. The van der Waals surface area contributed by atoms with Crippen molar-refractivity contribution in [3.8, 4) is 11.6 Å². The van der Waals surface area contributed by atoms with Gasteiger partial charge in [0.2, 0.25) is 5.88 Å². The Bertz CT molecular complexity index is 1330. The number of urea groups is 1. The number of imide groups is 1. The van der Waals surface area contributed by atoms with Gasteiger partial charge in [-0.05, 0) is 43.9 Å². The third-order valence-corrected chi connectivity index (χ3v) is 7.18. The average Bonchev–Trinajstić information content (AvgIpc) is 3.55. The van der Waals surface area contributed by atoms with E-state index in [2.05, 4.69) is 19.7 Å². The Morgan fingerprint density at radius 3 is 2.63 bits per heavy atom. The molecule has 0 atom stereocenters. The fourth-order valence-corrected chi connectivity index (χ4v) is 5.72. The maximum atomic E-state index is 13.4. The quantitative estimate of drug-likeness (QED) is 0.543. The van der Waals surface area contributed by atoms with Crippen molar-refractivity contribution in [3.63, 3.8) is 0 Å². The molecule has 3 amide bonds. The zero-order valence-corrected chi connectivity index (χ0v) is 18.3. The van der Waals surface area contributed by atoms with Crippen LogP contribution in [0, 0.1) is 0 Å². The number of alkyl halides is 3. The molecule has 1 aromatic carbocycles. The first kappa shape index (κ1) is 21.7. The van der Waals surface area contributed by atoms with Crippen molar-refractivity contribution in [2.45, 2.75) is 49.6 Å². The molecule has 6 rings (SSSR count). The fourth-order valence-electron chi connectivity index (χ4n) is 5.72. The number of benzene rings is 1. The normalized spacial score (nSPS) is 26.3. The van der Waals surface area contributed by atoms with E-state index in [1.807, 2.05) is 6.07 Å². The predicted molar refractivity (Wildman–Crippen MR) is 116 cm³/mol. The molecule has 12 heteroatoms. The first-order valence-electron chi connectivity index (χ1n) is 11.1. The molecular weight excluding hydrogens is 467 g/mol. The molecule has 0 spiro atoms. The lowest BCUT2D eigenvalue weighted by Crippen LogP contribution is -2.49. The smallest absolute Gasteiger partial charge is 0.470 e. The predicted octanol–water partition coefficient (Wildman–Crippen LogP) is 4.16. The Morgan fingerprint density at radius 1 is 1.06 bits per heavy atom. The van der Waals surface area contributed by atoms with E-state index in [-0.39, 0.29) is 18.1 Å². The van der Waals surface area contributed by atoms with Crippen LogP contribution in [0.4, 0.5) is 23.7 Å². The summed E-state index contributed by atoms with van der Waals surface area (Å²) in [5.41, 5.74) is -0.440. The number of aromatic amines is 1. The molecule has 0 radical (unpaired) electrons. The number of anilines is 1. The highest BCUT2D eigenvalue weighted by atomic mass is 19.4. The van der Waals surface area contributed by atoms with Crippen LogP contribution in [0.25, 0.3) is 11.0 Å². The topological polar surface area (TPSA) is 101 Å². The summed E-state index contributed by atoms with van der Waals surface area (Å²) in [5.74, 6) is -0.386. The number of ether oxygens (including phenoxy) is 2. The third kappa shape index (κ3) is 3.55. The number of halogens is 3. The van der Waals surface area contributed by atoms with Gasteiger partial charge in [0, 0.05) is 24.4 Å². The summed E-state index contributed by atoms with van der Waals surface area (Å²) in [5, 5.41) is 0.756.